The van der Waals surface area contributed by atoms with Crippen molar-refractivity contribution in [2.75, 3.05) is 0 Å². The zero-order valence-electron chi connectivity index (χ0n) is 6.44. The van der Waals surface area contributed by atoms with E-state index in [4.69, 9.17) is 10.2 Å². The van der Waals surface area contributed by atoms with Crippen LogP contribution in [-0.4, -0.2) is 0 Å². The van der Waals surface area contributed by atoms with Crippen molar-refractivity contribution in [2.24, 2.45) is 5.73 Å². The molecule has 1 atom stereocenters. The van der Waals surface area contributed by atoms with Crippen LogP contribution in [0, 0.1) is 0 Å². The van der Waals surface area contributed by atoms with Crippen LogP contribution in [0.2, 0.25) is 0 Å². The molecule has 0 fully saturated rings. The number of hydrogen-bond acceptors (Lipinski definition) is 3. The van der Waals surface area contributed by atoms with Crippen LogP contribution in [0.4, 0.5) is 0 Å². The molecule has 2 heterocycles. The van der Waals surface area contributed by atoms with Gasteiger partial charge in [-0.2, -0.15) is 0 Å². The predicted molar refractivity (Wildman–Crippen MR) is 49.1 cm³/mol. The summed E-state index contributed by atoms with van der Waals surface area (Å²) in [6.07, 6.45) is 1.64. The molecule has 0 saturated carbocycles. The van der Waals surface area contributed by atoms with E-state index in [1.165, 1.54) is 0 Å². The first kappa shape index (κ1) is 7.58. The molecule has 0 saturated heterocycles. The molecule has 2 nitrogen and oxygen atoms in total. The Morgan fingerprint density at radius 3 is 2.83 bits per heavy atom. The minimum Gasteiger partial charge on any atom is -0.467 e. The first-order chi connectivity index (χ1) is 5.88. The number of rotatable bonds is 2. The van der Waals surface area contributed by atoms with E-state index in [0.29, 0.717) is 0 Å². The van der Waals surface area contributed by atoms with E-state index in [1.54, 1.807) is 17.6 Å². The van der Waals surface area contributed by atoms with Crippen molar-refractivity contribution in [3.8, 4) is 0 Å². The molecule has 2 aromatic heterocycles. The second kappa shape index (κ2) is 3.13. The van der Waals surface area contributed by atoms with E-state index < -0.39 is 0 Å². The van der Waals surface area contributed by atoms with E-state index in [-0.39, 0.29) is 6.04 Å². The van der Waals surface area contributed by atoms with E-state index in [0.717, 1.165) is 10.6 Å². The van der Waals surface area contributed by atoms with Crippen molar-refractivity contribution in [1.29, 1.82) is 0 Å². The fourth-order valence-corrected chi connectivity index (χ4v) is 1.81. The van der Waals surface area contributed by atoms with Crippen LogP contribution < -0.4 is 5.73 Å². The zero-order chi connectivity index (χ0) is 8.39. The standard InChI is InChI=1S/C9H9NOS/c10-9(7-3-1-5-11-7)8-4-2-6-12-8/h1-6,9H,10H2/t9-/m0/s1. The van der Waals surface area contributed by atoms with Gasteiger partial charge in [0.1, 0.15) is 5.76 Å². The molecule has 0 unspecified atom stereocenters. The van der Waals surface area contributed by atoms with Gasteiger partial charge in [0, 0.05) is 4.88 Å². The average Bonchev–Trinajstić information content (AvgIpc) is 2.77. The van der Waals surface area contributed by atoms with Crippen LogP contribution in [-0.2, 0) is 0 Å². The molecular formula is C9H9NOS. The smallest absolute Gasteiger partial charge is 0.125 e. The molecule has 62 valence electrons. The molecule has 3 heteroatoms. The first-order valence-electron chi connectivity index (χ1n) is 3.70. The third kappa shape index (κ3) is 1.29. The highest BCUT2D eigenvalue weighted by molar-refractivity contribution is 7.10. The quantitative estimate of drug-likeness (QED) is 0.768. The molecule has 0 spiro atoms. The molecule has 0 amide bonds. The molecular weight excluding hydrogens is 170 g/mol. The summed E-state index contributed by atoms with van der Waals surface area (Å²) in [6, 6.07) is 7.63. The number of thiophene rings is 1. The van der Waals surface area contributed by atoms with Crippen molar-refractivity contribution in [3.63, 3.8) is 0 Å². The lowest BCUT2D eigenvalue weighted by Crippen LogP contribution is -2.08. The molecule has 0 radical (unpaired) electrons. The summed E-state index contributed by atoms with van der Waals surface area (Å²) in [5.74, 6) is 0.817. The number of furan rings is 1. The topological polar surface area (TPSA) is 39.2 Å². The Kier molecular flexibility index (Phi) is 1.98. The number of nitrogens with two attached hydrogens (primary N) is 1. The lowest BCUT2D eigenvalue weighted by atomic mass is 10.2. The van der Waals surface area contributed by atoms with Gasteiger partial charge < -0.3 is 10.2 Å². The first-order valence-corrected chi connectivity index (χ1v) is 4.58. The molecule has 2 N–H and O–H groups in total. The Bertz CT molecular complexity index is 291. The molecule has 0 bridgehead atoms. The van der Waals surface area contributed by atoms with Crippen molar-refractivity contribution in [3.05, 3.63) is 46.5 Å². The summed E-state index contributed by atoms with van der Waals surface area (Å²) in [4.78, 5) is 1.13. The van der Waals surface area contributed by atoms with Crippen molar-refractivity contribution in [1.82, 2.24) is 0 Å². The molecule has 2 rings (SSSR count). The summed E-state index contributed by atoms with van der Waals surface area (Å²) in [6.45, 7) is 0. The summed E-state index contributed by atoms with van der Waals surface area (Å²) in [7, 11) is 0. The summed E-state index contributed by atoms with van der Waals surface area (Å²) in [5.41, 5.74) is 5.92. The lowest BCUT2D eigenvalue weighted by molar-refractivity contribution is 0.492. The second-order valence-corrected chi connectivity index (χ2v) is 3.49. The minimum atomic E-state index is -0.111. The van der Waals surface area contributed by atoms with Gasteiger partial charge >= 0.3 is 0 Å². The van der Waals surface area contributed by atoms with Gasteiger partial charge in [0.2, 0.25) is 0 Å². The van der Waals surface area contributed by atoms with Gasteiger partial charge in [0.25, 0.3) is 0 Å². The van der Waals surface area contributed by atoms with Crippen molar-refractivity contribution >= 4 is 11.3 Å². The third-order valence-corrected chi connectivity index (χ3v) is 2.65. The Hall–Kier alpha value is -1.06. The summed E-state index contributed by atoms with van der Waals surface area (Å²) >= 11 is 1.64. The Labute approximate surface area is 74.6 Å². The SMILES string of the molecule is N[C@@H](c1ccco1)c1cccs1. The van der Waals surface area contributed by atoms with Gasteiger partial charge in [-0.3, -0.25) is 0 Å². The van der Waals surface area contributed by atoms with Crippen molar-refractivity contribution in [2.45, 2.75) is 6.04 Å². The van der Waals surface area contributed by atoms with Crippen LogP contribution in [0.15, 0.2) is 40.3 Å². The van der Waals surface area contributed by atoms with Gasteiger partial charge in [0.15, 0.2) is 0 Å². The Morgan fingerprint density at radius 1 is 1.33 bits per heavy atom. The Morgan fingerprint density at radius 2 is 2.25 bits per heavy atom. The highest BCUT2D eigenvalue weighted by Crippen LogP contribution is 2.23. The van der Waals surface area contributed by atoms with Gasteiger partial charge in [0.05, 0.1) is 12.3 Å². The van der Waals surface area contributed by atoms with Crippen LogP contribution in [0.1, 0.15) is 16.7 Å². The monoisotopic (exact) mass is 179 g/mol. The predicted octanol–water partition coefficient (Wildman–Crippen LogP) is 2.39. The maximum Gasteiger partial charge on any atom is 0.125 e. The van der Waals surface area contributed by atoms with Gasteiger partial charge in [-0.15, -0.1) is 11.3 Å². The molecule has 0 aliphatic carbocycles. The highest BCUT2D eigenvalue weighted by Gasteiger charge is 2.11. The van der Waals surface area contributed by atoms with Crippen LogP contribution >= 0.6 is 11.3 Å². The van der Waals surface area contributed by atoms with E-state index >= 15 is 0 Å². The van der Waals surface area contributed by atoms with Crippen LogP contribution in [0.5, 0.6) is 0 Å². The summed E-state index contributed by atoms with van der Waals surface area (Å²) in [5, 5.41) is 2.01. The van der Waals surface area contributed by atoms with Gasteiger partial charge in [-0.05, 0) is 23.6 Å². The van der Waals surface area contributed by atoms with E-state index in [2.05, 4.69) is 0 Å². The molecule has 12 heavy (non-hydrogen) atoms. The lowest BCUT2D eigenvalue weighted by Gasteiger charge is -2.04. The third-order valence-electron chi connectivity index (χ3n) is 1.70. The van der Waals surface area contributed by atoms with E-state index in [1.807, 2.05) is 29.6 Å². The largest absolute Gasteiger partial charge is 0.467 e. The maximum atomic E-state index is 5.92. The van der Waals surface area contributed by atoms with Gasteiger partial charge in [-0.25, -0.2) is 0 Å². The number of hydrogen-bond donors (Lipinski definition) is 1. The van der Waals surface area contributed by atoms with Crippen LogP contribution in [0.25, 0.3) is 0 Å². The fraction of sp³-hybridized carbons (Fsp3) is 0.111. The molecule has 2 aromatic rings. The zero-order valence-corrected chi connectivity index (χ0v) is 7.25. The fourth-order valence-electron chi connectivity index (χ4n) is 1.08. The normalized spacial score (nSPS) is 13.1. The molecule has 0 aliphatic heterocycles. The Balaban J connectivity index is 2.27. The summed E-state index contributed by atoms with van der Waals surface area (Å²) < 4.78 is 5.20. The van der Waals surface area contributed by atoms with Crippen molar-refractivity contribution < 1.29 is 4.42 Å². The molecule has 0 aliphatic rings. The molecule has 0 aromatic carbocycles. The average molecular weight is 179 g/mol. The maximum absolute atomic E-state index is 5.92. The van der Waals surface area contributed by atoms with Gasteiger partial charge in [-0.1, -0.05) is 6.07 Å². The minimum absolute atomic E-state index is 0.111. The second-order valence-electron chi connectivity index (χ2n) is 2.51. The van der Waals surface area contributed by atoms with Crippen LogP contribution in [0.3, 0.4) is 0 Å². The highest BCUT2D eigenvalue weighted by atomic mass is 32.1. The van der Waals surface area contributed by atoms with E-state index in [9.17, 15) is 0 Å².